The highest BCUT2D eigenvalue weighted by Crippen LogP contribution is 2.49. The highest BCUT2D eigenvalue weighted by atomic mass is 16.3. The van der Waals surface area contributed by atoms with Crippen LogP contribution in [0, 0.1) is 6.92 Å². The molecule has 2 heteroatoms. The van der Waals surface area contributed by atoms with Crippen molar-refractivity contribution in [2.24, 2.45) is 0 Å². The van der Waals surface area contributed by atoms with Crippen LogP contribution >= 0.6 is 0 Å². The molecule has 1 aliphatic rings. The van der Waals surface area contributed by atoms with E-state index in [0.29, 0.717) is 0 Å². The van der Waals surface area contributed by atoms with E-state index in [1.165, 1.54) is 0 Å². The van der Waals surface area contributed by atoms with Crippen LogP contribution in [0.5, 0.6) is 0 Å². The topological polar surface area (TPSA) is 30.2 Å². The molecule has 1 fully saturated rings. The van der Waals surface area contributed by atoms with E-state index in [-0.39, 0.29) is 5.41 Å². The Hall–Kier alpha value is -1.57. The summed E-state index contributed by atoms with van der Waals surface area (Å²) >= 11 is 0. The minimum Gasteiger partial charge on any atom is -0.460 e. The lowest BCUT2D eigenvalue weighted by Crippen LogP contribution is -2.07. The lowest BCUT2D eigenvalue weighted by Gasteiger charge is -2.02. The molecular weight excluding hydrogens is 188 g/mol. The molecule has 0 spiro atoms. The van der Waals surface area contributed by atoms with Crippen LogP contribution in [0.1, 0.15) is 24.2 Å². The second-order valence-corrected chi connectivity index (χ2v) is 4.33. The van der Waals surface area contributed by atoms with E-state index in [1.807, 2.05) is 31.2 Å². The van der Waals surface area contributed by atoms with Gasteiger partial charge in [-0.2, -0.15) is 0 Å². The van der Waals surface area contributed by atoms with Crippen LogP contribution in [0.3, 0.4) is 0 Å². The summed E-state index contributed by atoms with van der Waals surface area (Å²) in [5.74, 6) is 0.874. The van der Waals surface area contributed by atoms with E-state index >= 15 is 0 Å². The highest BCUT2D eigenvalue weighted by Gasteiger charge is 2.48. The Labute approximate surface area is 87.9 Å². The molecular formula is C13H12O2. The maximum Gasteiger partial charge on any atom is 0.134 e. The Bertz CT molecular complexity index is 532. The molecule has 15 heavy (non-hydrogen) atoms. The van der Waals surface area contributed by atoms with Crippen LogP contribution in [0.2, 0.25) is 0 Å². The molecule has 2 aromatic rings. The van der Waals surface area contributed by atoms with Gasteiger partial charge in [-0.05, 0) is 31.4 Å². The van der Waals surface area contributed by atoms with Gasteiger partial charge in [0.2, 0.25) is 0 Å². The van der Waals surface area contributed by atoms with Crippen LogP contribution in [0.25, 0.3) is 11.0 Å². The Balaban J connectivity index is 2.28. The average Bonchev–Trinajstić information content (AvgIpc) is 3.00. The van der Waals surface area contributed by atoms with Gasteiger partial charge < -0.3 is 9.21 Å². The molecule has 0 saturated heterocycles. The molecule has 0 radical (unpaired) electrons. The van der Waals surface area contributed by atoms with Crippen LogP contribution in [0.15, 0.2) is 28.7 Å². The van der Waals surface area contributed by atoms with Crippen LogP contribution in [-0.2, 0) is 10.2 Å². The standard InChI is InChI=1S/C13H12O2/c1-9-10-4-2-3-5-11(10)15-12(9)13(8-14)6-7-13/h2-5,8H,6-7H2,1H3. The van der Waals surface area contributed by atoms with E-state index in [0.717, 1.165) is 41.4 Å². The van der Waals surface area contributed by atoms with Crippen molar-refractivity contribution < 1.29 is 9.21 Å². The van der Waals surface area contributed by atoms with E-state index in [9.17, 15) is 4.79 Å². The van der Waals surface area contributed by atoms with Gasteiger partial charge in [0.1, 0.15) is 17.6 Å². The molecule has 1 aromatic heterocycles. The van der Waals surface area contributed by atoms with Crippen molar-refractivity contribution in [3.05, 3.63) is 35.6 Å². The first-order chi connectivity index (χ1) is 7.27. The van der Waals surface area contributed by atoms with Gasteiger partial charge in [0.25, 0.3) is 0 Å². The van der Waals surface area contributed by atoms with Crippen molar-refractivity contribution >= 4 is 17.3 Å². The van der Waals surface area contributed by atoms with Gasteiger partial charge in [-0.25, -0.2) is 0 Å². The Morgan fingerprint density at radius 3 is 2.67 bits per heavy atom. The number of rotatable bonds is 2. The summed E-state index contributed by atoms with van der Waals surface area (Å²) < 4.78 is 5.79. The molecule has 0 amide bonds. The SMILES string of the molecule is Cc1c(C2(C=O)CC2)oc2ccccc12. The van der Waals surface area contributed by atoms with E-state index in [2.05, 4.69) is 0 Å². The summed E-state index contributed by atoms with van der Waals surface area (Å²) in [5.41, 5.74) is 1.71. The summed E-state index contributed by atoms with van der Waals surface area (Å²) in [6, 6.07) is 7.94. The predicted molar refractivity (Wildman–Crippen MR) is 57.9 cm³/mol. The van der Waals surface area contributed by atoms with Gasteiger partial charge >= 0.3 is 0 Å². The van der Waals surface area contributed by atoms with Gasteiger partial charge in [-0.3, -0.25) is 0 Å². The molecule has 3 rings (SSSR count). The predicted octanol–water partition coefficient (Wildman–Crippen LogP) is 2.97. The Morgan fingerprint density at radius 2 is 2.07 bits per heavy atom. The highest BCUT2D eigenvalue weighted by molar-refractivity contribution is 5.85. The van der Waals surface area contributed by atoms with Gasteiger partial charge in [0.05, 0.1) is 5.41 Å². The fourth-order valence-corrected chi connectivity index (χ4v) is 2.18. The molecule has 1 aliphatic carbocycles. The van der Waals surface area contributed by atoms with Crippen molar-refractivity contribution in [3.8, 4) is 0 Å². The third-order valence-corrected chi connectivity index (χ3v) is 3.31. The zero-order valence-electron chi connectivity index (χ0n) is 8.62. The van der Waals surface area contributed by atoms with Crippen molar-refractivity contribution in [1.82, 2.24) is 0 Å². The number of para-hydroxylation sites is 1. The summed E-state index contributed by atoms with van der Waals surface area (Å²) in [7, 11) is 0. The number of hydrogen-bond acceptors (Lipinski definition) is 2. The third-order valence-electron chi connectivity index (χ3n) is 3.31. The van der Waals surface area contributed by atoms with Crippen molar-refractivity contribution in [1.29, 1.82) is 0 Å². The zero-order chi connectivity index (χ0) is 10.5. The molecule has 2 nitrogen and oxygen atoms in total. The number of carbonyl (C=O) groups is 1. The average molecular weight is 200 g/mol. The first kappa shape index (κ1) is 8.72. The second kappa shape index (κ2) is 2.72. The summed E-state index contributed by atoms with van der Waals surface area (Å²) in [6.45, 7) is 2.03. The van der Waals surface area contributed by atoms with Crippen molar-refractivity contribution in [2.45, 2.75) is 25.2 Å². The molecule has 0 aliphatic heterocycles. The minimum atomic E-state index is -0.302. The number of fused-ring (bicyclic) bond motifs is 1. The Morgan fingerprint density at radius 1 is 1.33 bits per heavy atom. The molecule has 76 valence electrons. The number of benzene rings is 1. The smallest absolute Gasteiger partial charge is 0.134 e. The third kappa shape index (κ3) is 1.08. The summed E-state index contributed by atoms with van der Waals surface area (Å²) in [5, 5.41) is 1.13. The van der Waals surface area contributed by atoms with Crippen molar-refractivity contribution in [3.63, 3.8) is 0 Å². The normalized spacial score (nSPS) is 17.9. The molecule has 1 saturated carbocycles. The zero-order valence-corrected chi connectivity index (χ0v) is 8.62. The first-order valence-electron chi connectivity index (χ1n) is 5.22. The van der Waals surface area contributed by atoms with Gasteiger partial charge in [-0.1, -0.05) is 18.2 Å². The lowest BCUT2D eigenvalue weighted by molar-refractivity contribution is -0.110. The number of aryl methyl sites for hydroxylation is 1. The monoisotopic (exact) mass is 200 g/mol. The number of aldehydes is 1. The van der Waals surface area contributed by atoms with Gasteiger partial charge in [-0.15, -0.1) is 0 Å². The van der Waals surface area contributed by atoms with Crippen LogP contribution in [-0.4, -0.2) is 6.29 Å². The van der Waals surface area contributed by atoms with E-state index in [4.69, 9.17) is 4.42 Å². The number of furan rings is 1. The van der Waals surface area contributed by atoms with Gasteiger partial charge in [0, 0.05) is 5.39 Å². The van der Waals surface area contributed by atoms with E-state index in [1.54, 1.807) is 0 Å². The maximum atomic E-state index is 11.1. The molecule has 1 aromatic carbocycles. The maximum absolute atomic E-state index is 11.1. The number of carbonyl (C=O) groups excluding carboxylic acids is 1. The molecule has 0 atom stereocenters. The van der Waals surface area contributed by atoms with E-state index < -0.39 is 0 Å². The summed E-state index contributed by atoms with van der Waals surface area (Å²) in [4.78, 5) is 11.1. The largest absolute Gasteiger partial charge is 0.460 e. The molecule has 0 N–H and O–H groups in total. The van der Waals surface area contributed by atoms with Crippen LogP contribution in [0.4, 0.5) is 0 Å². The molecule has 0 bridgehead atoms. The van der Waals surface area contributed by atoms with Crippen molar-refractivity contribution in [2.75, 3.05) is 0 Å². The number of hydrogen-bond donors (Lipinski definition) is 0. The lowest BCUT2D eigenvalue weighted by atomic mass is 10.0. The van der Waals surface area contributed by atoms with Gasteiger partial charge in [0.15, 0.2) is 0 Å². The second-order valence-electron chi connectivity index (χ2n) is 4.33. The fraction of sp³-hybridized carbons (Fsp3) is 0.308. The molecule has 1 heterocycles. The summed E-state index contributed by atoms with van der Waals surface area (Å²) in [6.07, 6.45) is 2.89. The van der Waals surface area contributed by atoms with Crippen LogP contribution < -0.4 is 0 Å². The fourth-order valence-electron chi connectivity index (χ4n) is 2.18. The minimum absolute atomic E-state index is 0.302. The first-order valence-corrected chi connectivity index (χ1v) is 5.22. The quantitative estimate of drug-likeness (QED) is 0.697. The Kier molecular flexibility index (Phi) is 1.58. The molecule has 0 unspecified atom stereocenters.